The van der Waals surface area contributed by atoms with Crippen LogP contribution >= 0.6 is 0 Å². The molecule has 1 aromatic carbocycles. The highest BCUT2D eigenvalue weighted by atomic mass is 16.1. The maximum absolute atomic E-state index is 12.4. The number of hydrogen-bond donors (Lipinski definition) is 2. The molecule has 3 atom stereocenters. The van der Waals surface area contributed by atoms with E-state index in [2.05, 4.69) is 30.5 Å². The molecule has 0 aliphatic heterocycles. The summed E-state index contributed by atoms with van der Waals surface area (Å²) in [5.41, 5.74) is 2.14. The van der Waals surface area contributed by atoms with Crippen LogP contribution in [0.25, 0.3) is 0 Å². The van der Waals surface area contributed by atoms with Gasteiger partial charge in [-0.1, -0.05) is 25.1 Å². The number of hydrogen-bond acceptors (Lipinski definition) is 2. The molecule has 0 bridgehead atoms. The van der Waals surface area contributed by atoms with Crippen molar-refractivity contribution in [1.29, 1.82) is 0 Å². The molecule has 0 saturated heterocycles. The van der Waals surface area contributed by atoms with Crippen LogP contribution in [0.3, 0.4) is 0 Å². The monoisotopic (exact) mass is 272 g/mol. The van der Waals surface area contributed by atoms with E-state index in [9.17, 15) is 4.79 Å². The molecule has 2 aliphatic carbocycles. The summed E-state index contributed by atoms with van der Waals surface area (Å²) in [6, 6.07) is 8.38. The summed E-state index contributed by atoms with van der Waals surface area (Å²) in [6.07, 6.45) is 3.56. The minimum absolute atomic E-state index is 0.216. The molecule has 0 aromatic heterocycles. The van der Waals surface area contributed by atoms with Gasteiger partial charge in [0.15, 0.2) is 0 Å². The summed E-state index contributed by atoms with van der Waals surface area (Å²) in [4.78, 5) is 12.4. The fraction of sp³-hybridized carbons (Fsp3) is 0.588. The second-order valence-corrected chi connectivity index (χ2v) is 6.28. The van der Waals surface area contributed by atoms with E-state index in [1.54, 1.807) is 0 Å². The third kappa shape index (κ3) is 2.73. The van der Waals surface area contributed by atoms with Gasteiger partial charge in [0, 0.05) is 17.6 Å². The Balaban J connectivity index is 1.68. The number of nitrogens with one attached hydrogen (secondary N) is 2. The summed E-state index contributed by atoms with van der Waals surface area (Å²) >= 11 is 0. The summed E-state index contributed by atoms with van der Waals surface area (Å²) in [6.45, 7) is 5.16. The van der Waals surface area contributed by atoms with Gasteiger partial charge in [-0.25, -0.2) is 0 Å². The molecule has 0 heterocycles. The number of rotatable bonds is 5. The van der Waals surface area contributed by atoms with E-state index < -0.39 is 0 Å². The van der Waals surface area contributed by atoms with Gasteiger partial charge < -0.3 is 10.6 Å². The Hall–Kier alpha value is -1.35. The van der Waals surface area contributed by atoms with E-state index in [0.717, 1.165) is 36.9 Å². The molecule has 3 nitrogen and oxygen atoms in total. The van der Waals surface area contributed by atoms with Gasteiger partial charge >= 0.3 is 0 Å². The van der Waals surface area contributed by atoms with Crippen molar-refractivity contribution in [3.8, 4) is 0 Å². The second-order valence-electron chi connectivity index (χ2n) is 6.28. The largest absolute Gasteiger partial charge is 0.326 e. The molecule has 108 valence electrons. The average Bonchev–Trinajstić information content (AvgIpc) is 3.06. The van der Waals surface area contributed by atoms with Crippen LogP contribution in [0.2, 0.25) is 0 Å². The smallest absolute Gasteiger partial charge is 0.227 e. The van der Waals surface area contributed by atoms with Crippen LogP contribution in [0, 0.1) is 17.8 Å². The van der Waals surface area contributed by atoms with Crippen molar-refractivity contribution in [2.24, 2.45) is 17.8 Å². The van der Waals surface area contributed by atoms with E-state index in [-0.39, 0.29) is 17.9 Å². The normalized spacial score (nSPS) is 28.8. The second kappa shape index (κ2) is 5.57. The Morgan fingerprint density at radius 3 is 2.65 bits per heavy atom. The van der Waals surface area contributed by atoms with E-state index >= 15 is 0 Å². The third-order valence-corrected chi connectivity index (χ3v) is 4.81. The number of benzene rings is 1. The molecular formula is C17H24N2O. The van der Waals surface area contributed by atoms with Gasteiger partial charge in [-0.05, 0) is 56.2 Å². The highest BCUT2D eigenvalue weighted by Gasteiger charge is 2.48. The molecule has 2 saturated carbocycles. The van der Waals surface area contributed by atoms with Crippen LogP contribution in [0.1, 0.15) is 44.7 Å². The molecule has 3 unspecified atom stereocenters. The van der Waals surface area contributed by atoms with Crippen molar-refractivity contribution in [2.45, 2.75) is 39.2 Å². The lowest BCUT2D eigenvalue weighted by Crippen LogP contribution is -2.24. The van der Waals surface area contributed by atoms with Crippen LogP contribution < -0.4 is 10.6 Å². The number of para-hydroxylation sites is 1. The molecule has 1 amide bonds. The van der Waals surface area contributed by atoms with Crippen molar-refractivity contribution in [1.82, 2.24) is 5.32 Å². The molecule has 20 heavy (non-hydrogen) atoms. The molecule has 0 spiro atoms. The van der Waals surface area contributed by atoms with Crippen molar-refractivity contribution >= 4 is 11.6 Å². The topological polar surface area (TPSA) is 41.1 Å². The summed E-state index contributed by atoms with van der Waals surface area (Å²) < 4.78 is 0. The SMILES string of the molecule is CCNC(C)c1ccccc1NC(=O)C1CC2CC2C1. The minimum Gasteiger partial charge on any atom is -0.326 e. The highest BCUT2D eigenvalue weighted by Crippen LogP contribution is 2.54. The first-order valence-corrected chi connectivity index (χ1v) is 7.82. The molecule has 0 radical (unpaired) electrons. The Bertz CT molecular complexity index is 490. The lowest BCUT2D eigenvalue weighted by atomic mass is 10.0. The average molecular weight is 272 g/mol. The number of fused-ring (bicyclic) bond motifs is 1. The lowest BCUT2D eigenvalue weighted by Gasteiger charge is -2.19. The van der Waals surface area contributed by atoms with Gasteiger partial charge in [-0.15, -0.1) is 0 Å². The predicted molar refractivity (Wildman–Crippen MR) is 81.5 cm³/mol. The highest BCUT2D eigenvalue weighted by molar-refractivity contribution is 5.93. The molecule has 2 fully saturated rings. The van der Waals surface area contributed by atoms with Gasteiger partial charge in [0.1, 0.15) is 0 Å². The molecule has 2 aliphatic rings. The first-order valence-electron chi connectivity index (χ1n) is 7.82. The van der Waals surface area contributed by atoms with Crippen LogP contribution in [-0.4, -0.2) is 12.5 Å². The number of carbonyl (C=O) groups excluding carboxylic acids is 1. The van der Waals surface area contributed by atoms with E-state index in [0.29, 0.717) is 0 Å². The Morgan fingerprint density at radius 2 is 1.95 bits per heavy atom. The third-order valence-electron chi connectivity index (χ3n) is 4.81. The van der Waals surface area contributed by atoms with Gasteiger partial charge in [-0.2, -0.15) is 0 Å². The van der Waals surface area contributed by atoms with Crippen molar-refractivity contribution in [2.75, 3.05) is 11.9 Å². The van der Waals surface area contributed by atoms with Gasteiger partial charge in [0.25, 0.3) is 0 Å². The van der Waals surface area contributed by atoms with Crippen molar-refractivity contribution in [3.63, 3.8) is 0 Å². The van der Waals surface area contributed by atoms with Crippen molar-refractivity contribution in [3.05, 3.63) is 29.8 Å². The van der Waals surface area contributed by atoms with E-state index in [1.807, 2.05) is 18.2 Å². The summed E-state index contributed by atoms with van der Waals surface area (Å²) in [7, 11) is 0. The predicted octanol–water partition coefficient (Wildman–Crippen LogP) is 3.34. The zero-order valence-corrected chi connectivity index (χ0v) is 12.4. The molecular weight excluding hydrogens is 248 g/mol. The molecule has 2 N–H and O–H groups in total. The molecule has 3 rings (SSSR count). The number of amides is 1. The Morgan fingerprint density at radius 1 is 1.25 bits per heavy atom. The maximum atomic E-state index is 12.4. The van der Waals surface area contributed by atoms with Crippen LogP contribution in [0.5, 0.6) is 0 Å². The Labute approximate surface area is 121 Å². The standard InChI is InChI=1S/C17H24N2O/c1-3-18-11(2)15-6-4-5-7-16(15)19-17(20)14-9-12-8-13(12)10-14/h4-7,11-14,18H,3,8-10H2,1-2H3,(H,19,20). The lowest BCUT2D eigenvalue weighted by molar-refractivity contribution is -0.120. The van der Waals surface area contributed by atoms with Crippen LogP contribution in [-0.2, 0) is 4.79 Å². The number of carbonyl (C=O) groups is 1. The van der Waals surface area contributed by atoms with Gasteiger partial charge in [-0.3, -0.25) is 4.79 Å². The fourth-order valence-corrected chi connectivity index (χ4v) is 3.57. The molecule has 3 heteroatoms. The fourth-order valence-electron chi connectivity index (χ4n) is 3.57. The summed E-state index contributed by atoms with van der Waals surface area (Å²) in [5, 5.41) is 6.56. The van der Waals surface area contributed by atoms with Crippen molar-refractivity contribution < 1.29 is 4.79 Å². The van der Waals surface area contributed by atoms with Crippen LogP contribution in [0.15, 0.2) is 24.3 Å². The Kier molecular flexibility index (Phi) is 3.79. The summed E-state index contributed by atoms with van der Waals surface area (Å²) in [5.74, 6) is 2.15. The van der Waals surface area contributed by atoms with E-state index in [1.165, 1.54) is 12.0 Å². The van der Waals surface area contributed by atoms with E-state index in [4.69, 9.17) is 0 Å². The zero-order chi connectivity index (χ0) is 14.1. The number of anilines is 1. The first kappa shape index (κ1) is 13.6. The zero-order valence-electron chi connectivity index (χ0n) is 12.4. The van der Waals surface area contributed by atoms with Gasteiger partial charge in [0.2, 0.25) is 5.91 Å². The first-order chi connectivity index (χ1) is 9.69. The van der Waals surface area contributed by atoms with Crippen LogP contribution in [0.4, 0.5) is 5.69 Å². The quantitative estimate of drug-likeness (QED) is 0.863. The maximum Gasteiger partial charge on any atom is 0.227 e. The van der Waals surface area contributed by atoms with Gasteiger partial charge in [0.05, 0.1) is 0 Å². The minimum atomic E-state index is 0.216. The molecule has 1 aromatic rings.